The molecule has 62 valence electrons. The summed E-state index contributed by atoms with van der Waals surface area (Å²) in [5.74, 6) is 0. The maximum atomic E-state index is 11.2. The van der Waals surface area contributed by atoms with Crippen molar-refractivity contribution in [1.82, 2.24) is 4.98 Å². The average molecular weight is 180 g/mol. The fraction of sp³-hybridized carbons (Fsp3) is 0.250. The summed E-state index contributed by atoms with van der Waals surface area (Å²) in [5, 5.41) is 12.2. The molecule has 2 rings (SSSR count). The maximum Gasteiger partial charge on any atom is 0.300 e. The van der Waals surface area contributed by atoms with Gasteiger partial charge in [-0.25, -0.2) is 4.98 Å². The van der Waals surface area contributed by atoms with Crippen LogP contribution < -0.4 is 4.73 Å². The zero-order valence-corrected chi connectivity index (χ0v) is 7.47. The molecule has 2 aromatic heterocycles. The van der Waals surface area contributed by atoms with Crippen molar-refractivity contribution in [3.63, 3.8) is 0 Å². The zero-order chi connectivity index (χ0) is 8.55. The van der Waals surface area contributed by atoms with Gasteiger partial charge in [-0.15, -0.1) is 0 Å². The topological polar surface area (TPSA) is 39.8 Å². The van der Waals surface area contributed by atoms with E-state index in [-0.39, 0.29) is 0 Å². The molecule has 0 bridgehead atoms. The van der Waals surface area contributed by atoms with Crippen molar-refractivity contribution < 1.29 is 4.73 Å². The van der Waals surface area contributed by atoms with Gasteiger partial charge in [0.2, 0.25) is 0 Å². The highest BCUT2D eigenvalue weighted by Gasteiger charge is 2.08. The summed E-state index contributed by atoms with van der Waals surface area (Å²) in [6, 6.07) is 3.58. The molecule has 0 unspecified atom stereocenters. The largest absolute Gasteiger partial charge is 0.618 e. The van der Waals surface area contributed by atoms with Crippen LogP contribution in [0.5, 0.6) is 0 Å². The summed E-state index contributed by atoms with van der Waals surface area (Å²) in [6.07, 6.45) is 2.39. The van der Waals surface area contributed by atoms with Crippen LogP contribution in [0.3, 0.4) is 0 Å². The van der Waals surface area contributed by atoms with Gasteiger partial charge in [-0.2, -0.15) is 4.73 Å². The minimum Gasteiger partial charge on any atom is -0.618 e. The van der Waals surface area contributed by atoms with E-state index in [0.29, 0.717) is 4.83 Å². The van der Waals surface area contributed by atoms with Crippen molar-refractivity contribution in [2.24, 2.45) is 0 Å². The summed E-state index contributed by atoms with van der Waals surface area (Å²) in [7, 11) is 0. The van der Waals surface area contributed by atoms with Gasteiger partial charge in [0.1, 0.15) is 5.52 Å². The van der Waals surface area contributed by atoms with Crippen molar-refractivity contribution in [2.75, 3.05) is 0 Å². The van der Waals surface area contributed by atoms with Crippen molar-refractivity contribution in [3.8, 4) is 0 Å². The molecule has 0 aliphatic heterocycles. The minimum absolute atomic E-state index is 0.703. The molecule has 0 fully saturated rings. The smallest absolute Gasteiger partial charge is 0.300 e. The lowest BCUT2D eigenvalue weighted by Crippen LogP contribution is -2.24. The van der Waals surface area contributed by atoms with E-state index >= 15 is 0 Å². The monoisotopic (exact) mass is 180 g/mol. The molecule has 2 aromatic rings. The second-order valence-corrected chi connectivity index (χ2v) is 3.55. The first kappa shape index (κ1) is 7.49. The van der Waals surface area contributed by atoms with Crippen LogP contribution in [-0.2, 0) is 6.42 Å². The van der Waals surface area contributed by atoms with Crippen LogP contribution in [0.2, 0.25) is 0 Å². The van der Waals surface area contributed by atoms with Crippen LogP contribution in [0.15, 0.2) is 18.3 Å². The van der Waals surface area contributed by atoms with E-state index in [2.05, 4.69) is 4.98 Å². The Morgan fingerprint density at radius 3 is 3.17 bits per heavy atom. The summed E-state index contributed by atoms with van der Waals surface area (Å²) in [5.41, 5.74) is 0.800. The molecule has 0 aromatic carbocycles. The van der Waals surface area contributed by atoms with Crippen molar-refractivity contribution in [1.29, 1.82) is 0 Å². The molecule has 12 heavy (non-hydrogen) atoms. The highest BCUT2D eigenvalue weighted by atomic mass is 32.1. The van der Waals surface area contributed by atoms with Crippen LogP contribution in [-0.4, -0.2) is 4.98 Å². The number of hydrogen-bond acceptors (Lipinski definition) is 3. The summed E-state index contributed by atoms with van der Waals surface area (Å²) >= 11 is 1.46. The number of pyridine rings is 1. The number of aryl methyl sites for hydroxylation is 1. The SMILES string of the molecule is CCc1nc2ccc[n+]([O-])c2s1. The van der Waals surface area contributed by atoms with E-state index in [4.69, 9.17) is 0 Å². The lowest BCUT2D eigenvalue weighted by atomic mass is 10.4. The fourth-order valence-corrected chi connectivity index (χ4v) is 1.95. The van der Waals surface area contributed by atoms with Gasteiger partial charge in [0, 0.05) is 6.07 Å². The predicted molar refractivity (Wildman–Crippen MR) is 48.0 cm³/mol. The third-order valence-electron chi connectivity index (χ3n) is 1.66. The summed E-state index contributed by atoms with van der Waals surface area (Å²) in [6.45, 7) is 2.03. The lowest BCUT2D eigenvalue weighted by Gasteiger charge is -1.92. The van der Waals surface area contributed by atoms with Gasteiger partial charge in [-0.1, -0.05) is 18.3 Å². The van der Waals surface area contributed by atoms with Gasteiger partial charge in [-0.3, -0.25) is 0 Å². The third-order valence-corrected chi connectivity index (χ3v) is 2.85. The van der Waals surface area contributed by atoms with Crippen molar-refractivity contribution >= 4 is 21.7 Å². The first-order valence-electron chi connectivity index (χ1n) is 3.79. The normalized spacial score (nSPS) is 10.8. The van der Waals surface area contributed by atoms with Crippen LogP contribution in [0.4, 0.5) is 0 Å². The Labute approximate surface area is 73.9 Å². The molecule has 0 aliphatic rings. The number of fused-ring (bicyclic) bond motifs is 1. The van der Waals surface area contributed by atoms with Gasteiger partial charge < -0.3 is 5.21 Å². The summed E-state index contributed by atoms with van der Waals surface area (Å²) < 4.78 is 0.867. The number of thiazole rings is 1. The maximum absolute atomic E-state index is 11.2. The van der Waals surface area contributed by atoms with Gasteiger partial charge in [0.25, 0.3) is 0 Å². The second-order valence-electron chi connectivity index (χ2n) is 2.49. The van der Waals surface area contributed by atoms with Crippen molar-refractivity contribution in [3.05, 3.63) is 28.5 Å². The Kier molecular flexibility index (Phi) is 1.69. The van der Waals surface area contributed by atoms with E-state index in [1.54, 1.807) is 6.07 Å². The number of hydrogen-bond donors (Lipinski definition) is 0. The second kappa shape index (κ2) is 2.71. The first-order chi connectivity index (χ1) is 5.81. The van der Waals surface area contributed by atoms with Crippen molar-refractivity contribution in [2.45, 2.75) is 13.3 Å². The van der Waals surface area contributed by atoms with Gasteiger partial charge in [0.05, 0.1) is 5.01 Å². The molecule has 3 nitrogen and oxygen atoms in total. The zero-order valence-electron chi connectivity index (χ0n) is 6.65. The van der Waals surface area contributed by atoms with E-state index in [1.807, 2.05) is 13.0 Å². The molecular weight excluding hydrogens is 172 g/mol. The van der Waals surface area contributed by atoms with E-state index in [1.165, 1.54) is 17.5 Å². The number of rotatable bonds is 1. The Morgan fingerprint density at radius 2 is 2.50 bits per heavy atom. The molecule has 0 spiro atoms. The van der Waals surface area contributed by atoms with Gasteiger partial charge >= 0.3 is 4.83 Å². The van der Waals surface area contributed by atoms with Crippen LogP contribution in [0.25, 0.3) is 10.3 Å². The van der Waals surface area contributed by atoms with Gasteiger partial charge in [-0.05, 0) is 12.5 Å². The Bertz CT molecular complexity index is 410. The molecule has 0 amide bonds. The van der Waals surface area contributed by atoms with E-state index in [0.717, 1.165) is 21.7 Å². The quantitative estimate of drug-likeness (QED) is 0.492. The van der Waals surface area contributed by atoms with Crippen LogP contribution in [0, 0.1) is 5.21 Å². The summed E-state index contributed by atoms with van der Waals surface area (Å²) in [4.78, 5) is 4.99. The van der Waals surface area contributed by atoms with Gasteiger partial charge in [0.15, 0.2) is 6.20 Å². The molecule has 0 atom stereocenters. The average Bonchev–Trinajstić information content (AvgIpc) is 2.49. The Hall–Kier alpha value is -1.16. The molecule has 0 saturated carbocycles. The highest BCUT2D eigenvalue weighted by molar-refractivity contribution is 7.17. The predicted octanol–water partition coefficient (Wildman–Crippen LogP) is 1.49. The molecule has 0 radical (unpaired) electrons. The van der Waals surface area contributed by atoms with Crippen LogP contribution >= 0.6 is 11.3 Å². The Balaban J connectivity index is 2.74. The molecule has 2 heterocycles. The fourth-order valence-electron chi connectivity index (χ4n) is 1.07. The standard InChI is InChI=1S/C8H8N2OS/c1-2-7-9-6-4-3-5-10(11)8(6)12-7/h3-5H,2H2,1H3. The molecule has 0 aliphatic carbocycles. The minimum atomic E-state index is 0.703. The molecule has 0 saturated heterocycles. The lowest BCUT2D eigenvalue weighted by molar-refractivity contribution is -0.574. The molecule has 4 heteroatoms. The van der Waals surface area contributed by atoms with E-state index in [9.17, 15) is 5.21 Å². The van der Waals surface area contributed by atoms with Crippen LogP contribution in [0.1, 0.15) is 11.9 Å². The Morgan fingerprint density at radius 1 is 1.67 bits per heavy atom. The number of aromatic nitrogens is 2. The third kappa shape index (κ3) is 1.04. The van der Waals surface area contributed by atoms with E-state index < -0.39 is 0 Å². The molecule has 0 N–H and O–H groups in total. The number of nitrogens with zero attached hydrogens (tertiary/aromatic N) is 2. The molecular formula is C8H8N2OS. The highest BCUT2D eigenvalue weighted by Crippen LogP contribution is 2.17. The first-order valence-corrected chi connectivity index (χ1v) is 4.60.